The van der Waals surface area contributed by atoms with Gasteiger partial charge in [-0.15, -0.1) is 24.8 Å². The third-order valence-corrected chi connectivity index (χ3v) is 4.34. The van der Waals surface area contributed by atoms with Crippen LogP contribution in [-0.2, 0) is 18.3 Å². The van der Waals surface area contributed by atoms with Gasteiger partial charge in [0, 0.05) is 23.6 Å². The fourth-order valence-electron chi connectivity index (χ4n) is 2.49. The Labute approximate surface area is 163 Å². The minimum Gasteiger partial charge on any atom is -0.397 e. The number of rotatable bonds is 4. The van der Waals surface area contributed by atoms with Crippen LogP contribution in [0.15, 0.2) is 16.6 Å². The first kappa shape index (κ1) is 22.8. The first-order valence-corrected chi connectivity index (χ1v) is 7.93. The second-order valence-corrected chi connectivity index (χ2v) is 6.42. The van der Waals surface area contributed by atoms with E-state index in [2.05, 4.69) is 26.3 Å². The zero-order valence-electron chi connectivity index (χ0n) is 14.1. The monoisotopic (exact) mass is 436 g/mol. The van der Waals surface area contributed by atoms with Crippen LogP contribution >= 0.6 is 40.7 Å². The van der Waals surface area contributed by atoms with Gasteiger partial charge in [0.1, 0.15) is 0 Å². The molecule has 1 aromatic heterocycles. The Morgan fingerprint density at radius 3 is 2.46 bits per heavy atom. The highest BCUT2D eigenvalue weighted by Crippen LogP contribution is 2.27. The minimum absolute atomic E-state index is 0. The van der Waals surface area contributed by atoms with Crippen LogP contribution in [0.3, 0.4) is 0 Å². The van der Waals surface area contributed by atoms with Gasteiger partial charge in [-0.25, -0.2) is 0 Å². The zero-order chi connectivity index (χ0) is 16.4. The van der Waals surface area contributed by atoms with Crippen LogP contribution in [0.1, 0.15) is 28.9 Å². The summed E-state index contributed by atoms with van der Waals surface area (Å²) in [5.41, 5.74) is 11.4. The molecule has 0 bridgehead atoms. The standard InChI is InChI=1S/C16H21BrN4O.2ClH/c1-9-7-12(17)8-14(16(9)18)19-15(22)6-5-13-10(2)20-21(4)11(13)3;;/h7-8H,5-6,18H2,1-4H3,(H,19,22);2*1H. The first-order chi connectivity index (χ1) is 10.3. The molecular weight excluding hydrogens is 415 g/mol. The van der Waals surface area contributed by atoms with Gasteiger partial charge >= 0.3 is 0 Å². The summed E-state index contributed by atoms with van der Waals surface area (Å²) in [6, 6.07) is 3.74. The van der Waals surface area contributed by atoms with E-state index in [1.807, 2.05) is 44.6 Å². The van der Waals surface area contributed by atoms with Gasteiger partial charge in [0.25, 0.3) is 0 Å². The Balaban J connectivity index is 0.00000264. The average Bonchev–Trinajstić information content (AvgIpc) is 2.67. The number of halogens is 3. The van der Waals surface area contributed by atoms with Crippen molar-refractivity contribution in [3.05, 3.63) is 39.1 Å². The fraction of sp³-hybridized carbons (Fsp3) is 0.375. The van der Waals surface area contributed by atoms with Gasteiger partial charge in [-0.05, 0) is 50.5 Å². The maximum Gasteiger partial charge on any atom is 0.224 e. The number of aromatic nitrogens is 2. The molecule has 2 aromatic rings. The van der Waals surface area contributed by atoms with Crippen molar-refractivity contribution in [3.8, 4) is 0 Å². The first-order valence-electron chi connectivity index (χ1n) is 7.14. The highest BCUT2D eigenvalue weighted by molar-refractivity contribution is 9.10. The van der Waals surface area contributed by atoms with E-state index in [0.29, 0.717) is 24.2 Å². The van der Waals surface area contributed by atoms with Crippen LogP contribution in [0, 0.1) is 20.8 Å². The fourth-order valence-corrected chi connectivity index (χ4v) is 3.06. The molecule has 0 saturated carbocycles. The summed E-state index contributed by atoms with van der Waals surface area (Å²) in [5.74, 6) is -0.0492. The van der Waals surface area contributed by atoms with E-state index < -0.39 is 0 Å². The number of hydrogen-bond acceptors (Lipinski definition) is 3. The topological polar surface area (TPSA) is 72.9 Å². The lowest BCUT2D eigenvalue weighted by Crippen LogP contribution is -2.14. The summed E-state index contributed by atoms with van der Waals surface area (Å²) < 4.78 is 2.74. The van der Waals surface area contributed by atoms with Crippen molar-refractivity contribution in [1.29, 1.82) is 0 Å². The van der Waals surface area contributed by atoms with E-state index in [0.717, 1.165) is 27.0 Å². The third kappa shape index (κ3) is 5.13. The normalized spacial score (nSPS) is 9.88. The van der Waals surface area contributed by atoms with Gasteiger partial charge in [0.2, 0.25) is 5.91 Å². The zero-order valence-corrected chi connectivity index (χ0v) is 17.4. The Kier molecular flexibility index (Phi) is 8.82. The number of nitrogens with two attached hydrogens (primary N) is 1. The molecule has 1 aromatic carbocycles. The molecular formula is C16H23BrCl2N4O. The number of aryl methyl sites for hydroxylation is 3. The summed E-state index contributed by atoms with van der Waals surface area (Å²) in [6.45, 7) is 5.90. The van der Waals surface area contributed by atoms with Gasteiger partial charge in [0.05, 0.1) is 17.1 Å². The van der Waals surface area contributed by atoms with Crippen molar-refractivity contribution in [3.63, 3.8) is 0 Å². The van der Waals surface area contributed by atoms with Crippen LogP contribution in [0.25, 0.3) is 0 Å². The summed E-state index contributed by atoms with van der Waals surface area (Å²) in [5, 5.41) is 7.26. The minimum atomic E-state index is -0.0492. The lowest BCUT2D eigenvalue weighted by Gasteiger charge is -2.11. The molecule has 0 fully saturated rings. The summed E-state index contributed by atoms with van der Waals surface area (Å²) in [7, 11) is 1.91. The van der Waals surface area contributed by atoms with Crippen molar-refractivity contribution in [1.82, 2.24) is 9.78 Å². The maximum absolute atomic E-state index is 12.2. The van der Waals surface area contributed by atoms with Crippen LogP contribution in [0.2, 0.25) is 0 Å². The smallest absolute Gasteiger partial charge is 0.224 e. The van der Waals surface area contributed by atoms with Gasteiger partial charge in [-0.1, -0.05) is 15.9 Å². The molecule has 3 N–H and O–H groups in total. The predicted octanol–water partition coefficient (Wildman–Crippen LogP) is 4.10. The third-order valence-electron chi connectivity index (χ3n) is 3.89. The molecule has 1 amide bonds. The lowest BCUT2D eigenvalue weighted by atomic mass is 10.1. The van der Waals surface area contributed by atoms with Crippen LogP contribution in [-0.4, -0.2) is 15.7 Å². The number of nitrogen functional groups attached to an aromatic ring is 1. The molecule has 0 atom stereocenters. The molecule has 2 rings (SSSR count). The van der Waals surface area contributed by atoms with Gasteiger partial charge < -0.3 is 11.1 Å². The summed E-state index contributed by atoms with van der Waals surface area (Å²) in [6.07, 6.45) is 1.07. The molecule has 24 heavy (non-hydrogen) atoms. The number of carbonyl (C=O) groups excluding carboxylic acids is 1. The van der Waals surface area contributed by atoms with Crippen molar-refractivity contribution in [2.45, 2.75) is 33.6 Å². The van der Waals surface area contributed by atoms with E-state index in [1.165, 1.54) is 0 Å². The number of hydrogen-bond donors (Lipinski definition) is 2. The van der Waals surface area contributed by atoms with E-state index >= 15 is 0 Å². The Bertz CT molecular complexity index is 731. The summed E-state index contributed by atoms with van der Waals surface area (Å²) in [4.78, 5) is 12.2. The molecule has 0 aliphatic heterocycles. The highest BCUT2D eigenvalue weighted by Gasteiger charge is 2.13. The Hall–Kier alpha value is -1.24. The number of carbonyl (C=O) groups is 1. The number of benzene rings is 1. The Morgan fingerprint density at radius 2 is 1.92 bits per heavy atom. The second kappa shape index (κ2) is 9.30. The van der Waals surface area contributed by atoms with Gasteiger partial charge in [-0.3, -0.25) is 9.48 Å². The molecule has 0 saturated heterocycles. The van der Waals surface area contributed by atoms with Crippen molar-refractivity contribution < 1.29 is 4.79 Å². The lowest BCUT2D eigenvalue weighted by molar-refractivity contribution is -0.116. The van der Waals surface area contributed by atoms with Gasteiger partial charge in [-0.2, -0.15) is 5.10 Å². The van der Waals surface area contributed by atoms with Crippen molar-refractivity contribution in [2.75, 3.05) is 11.1 Å². The number of nitrogens with zero attached hydrogens (tertiary/aromatic N) is 2. The Morgan fingerprint density at radius 1 is 1.29 bits per heavy atom. The molecule has 0 aliphatic carbocycles. The average molecular weight is 438 g/mol. The van der Waals surface area contributed by atoms with Crippen LogP contribution < -0.4 is 11.1 Å². The largest absolute Gasteiger partial charge is 0.397 e. The molecule has 0 radical (unpaired) electrons. The SMILES string of the molecule is Cc1cc(Br)cc(NC(=O)CCc2c(C)nn(C)c2C)c1N.Cl.Cl. The van der Waals surface area contributed by atoms with Gasteiger partial charge in [0.15, 0.2) is 0 Å². The van der Waals surface area contributed by atoms with E-state index in [-0.39, 0.29) is 30.7 Å². The molecule has 0 spiro atoms. The molecule has 0 aliphatic rings. The molecule has 1 heterocycles. The summed E-state index contributed by atoms with van der Waals surface area (Å²) >= 11 is 3.42. The quantitative estimate of drug-likeness (QED) is 0.707. The van der Waals surface area contributed by atoms with Crippen LogP contribution in [0.4, 0.5) is 11.4 Å². The number of anilines is 2. The highest BCUT2D eigenvalue weighted by atomic mass is 79.9. The second-order valence-electron chi connectivity index (χ2n) is 5.51. The molecule has 5 nitrogen and oxygen atoms in total. The van der Waals surface area contributed by atoms with E-state index in [1.54, 1.807) is 0 Å². The molecule has 8 heteroatoms. The van der Waals surface area contributed by atoms with Crippen LogP contribution in [0.5, 0.6) is 0 Å². The van der Waals surface area contributed by atoms with E-state index in [9.17, 15) is 4.79 Å². The van der Waals surface area contributed by atoms with Crippen molar-refractivity contribution in [2.24, 2.45) is 7.05 Å². The molecule has 134 valence electrons. The molecule has 0 unspecified atom stereocenters. The maximum atomic E-state index is 12.2. The van der Waals surface area contributed by atoms with Crippen molar-refractivity contribution >= 4 is 58.0 Å². The number of nitrogens with one attached hydrogen (secondary N) is 1. The number of amides is 1. The van der Waals surface area contributed by atoms with E-state index in [4.69, 9.17) is 5.73 Å². The predicted molar refractivity (Wildman–Crippen MR) is 107 cm³/mol.